The van der Waals surface area contributed by atoms with Crippen LogP contribution in [-0.4, -0.2) is 42.6 Å². The van der Waals surface area contributed by atoms with Crippen LogP contribution in [0.25, 0.3) is 5.48 Å². The van der Waals surface area contributed by atoms with E-state index in [4.69, 9.17) is 9.57 Å². The lowest BCUT2D eigenvalue weighted by Crippen LogP contribution is -2.39. The van der Waals surface area contributed by atoms with Crippen molar-refractivity contribution in [3.63, 3.8) is 0 Å². The van der Waals surface area contributed by atoms with Crippen LogP contribution in [0.2, 0.25) is 0 Å². The number of benzene rings is 1. The molecular formula is C27H38F2N3O3-. The van der Waals surface area contributed by atoms with Crippen LogP contribution < -0.4 is 4.74 Å². The van der Waals surface area contributed by atoms with E-state index in [9.17, 15) is 13.6 Å². The third-order valence-electron chi connectivity index (χ3n) is 8.15. The van der Waals surface area contributed by atoms with Crippen molar-refractivity contribution in [2.75, 3.05) is 19.7 Å². The molecule has 0 spiro atoms. The molecule has 1 aromatic rings. The van der Waals surface area contributed by atoms with Gasteiger partial charge < -0.3 is 20.0 Å². The topological polar surface area (TPSA) is 65.2 Å². The summed E-state index contributed by atoms with van der Waals surface area (Å²) in [5, 5.41) is 0. The Labute approximate surface area is 207 Å². The molecular weight excluding hydrogens is 452 g/mol. The van der Waals surface area contributed by atoms with E-state index in [1.54, 1.807) is 6.92 Å². The molecule has 0 amide bonds. The molecule has 0 N–H and O–H groups in total. The lowest BCUT2D eigenvalue weighted by Gasteiger charge is -2.34. The van der Waals surface area contributed by atoms with E-state index in [2.05, 4.69) is 36.1 Å². The van der Waals surface area contributed by atoms with Gasteiger partial charge in [-0.2, -0.15) is 0 Å². The third kappa shape index (κ3) is 5.63. The lowest BCUT2D eigenvalue weighted by molar-refractivity contribution is 0.0918. The number of hydrogen-bond acceptors (Lipinski definition) is 5. The molecule has 0 radical (unpaired) electrons. The second-order valence-electron chi connectivity index (χ2n) is 11.1. The molecule has 1 saturated carbocycles. The summed E-state index contributed by atoms with van der Waals surface area (Å²) in [5.74, 6) is -0.875. The Balaban J connectivity index is 1.24. The van der Waals surface area contributed by atoms with Crippen molar-refractivity contribution in [1.82, 2.24) is 4.90 Å². The maximum atomic E-state index is 14.5. The molecule has 35 heavy (non-hydrogen) atoms. The van der Waals surface area contributed by atoms with Crippen LogP contribution in [0.4, 0.5) is 8.78 Å². The predicted molar refractivity (Wildman–Crippen MR) is 131 cm³/mol. The van der Waals surface area contributed by atoms with Crippen molar-refractivity contribution in [1.29, 1.82) is 0 Å². The molecule has 1 aliphatic carbocycles. The molecule has 3 aliphatic rings. The number of hydroxylamine groups is 1. The summed E-state index contributed by atoms with van der Waals surface area (Å²) < 4.78 is 34.7. The van der Waals surface area contributed by atoms with Gasteiger partial charge in [0.1, 0.15) is 17.4 Å². The van der Waals surface area contributed by atoms with E-state index in [1.807, 2.05) is 6.92 Å². The number of ether oxygens (including phenoxy) is 1. The molecule has 4 rings (SSSR count). The number of piperidine rings is 1. The van der Waals surface area contributed by atoms with Crippen LogP contribution >= 0.6 is 0 Å². The van der Waals surface area contributed by atoms with Gasteiger partial charge in [0.2, 0.25) is 0 Å². The van der Waals surface area contributed by atoms with E-state index in [1.165, 1.54) is 0 Å². The van der Waals surface area contributed by atoms with Gasteiger partial charge in [0.25, 0.3) is 6.02 Å². The molecule has 0 aromatic heterocycles. The van der Waals surface area contributed by atoms with Gasteiger partial charge in [-0.3, -0.25) is 9.79 Å². The van der Waals surface area contributed by atoms with Gasteiger partial charge in [0.05, 0.1) is 12.2 Å². The Kier molecular flexibility index (Phi) is 7.69. The minimum Gasteiger partial charge on any atom is -0.559 e. The Morgan fingerprint density at radius 2 is 1.91 bits per heavy atom. The summed E-state index contributed by atoms with van der Waals surface area (Å²) in [6.45, 7) is 12.2. The van der Waals surface area contributed by atoms with E-state index in [-0.39, 0.29) is 17.3 Å². The number of nitrogens with zero attached hydrogens (tertiary/aromatic N) is 3. The first kappa shape index (κ1) is 25.9. The second-order valence-corrected chi connectivity index (χ2v) is 11.1. The molecule has 2 aliphatic heterocycles. The Bertz CT molecular complexity index is 938. The number of likely N-dealkylation sites (tertiary alicyclic amines) is 1. The van der Waals surface area contributed by atoms with Gasteiger partial charge in [-0.25, -0.2) is 8.78 Å². The quantitative estimate of drug-likeness (QED) is 0.378. The summed E-state index contributed by atoms with van der Waals surface area (Å²) in [5.41, 5.74) is 3.88. The molecule has 2 fully saturated rings. The normalized spacial score (nSPS) is 27.5. The molecule has 6 nitrogen and oxygen atoms in total. The van der Waals surface area contributed by atoms with Gasteiger partial charge in [-0.15, -0.1) is 0 Å². The second kappa shape index (κ2) is 10.4. The number of aliphatic imine (C=N–C) groups is 1. The van der Waals surface area contributed by atoms with Crippen LogP contribution in [0.1, 0.15) is 77.1 Å². The molecule has 4 atom stereocenters. The van der Waals surface area contributed by atoms with Gasteiger partial charge in [0.15, 0.2) is 5.78 Å². The smallest absolute Gasteiger partial charge is 0.270 e. The van der Waals surface area contributed by atoms with Crippen LogP contribution in [0.3, 0.4) is 0 Å². The van der Waals surface area contributed by atoms with Gasteiger partial charge in [-0.05, 0) is 61.4 Å². The molecule has 8 heteroatoms. The minimum atomic E-state index is -0.851. The Hall–Kier alpha value is -2.22. The summed E-state index contributed by atoms with van der Waals surface area (Å²) in [6, 6.07) is 2.92. The number of ketones is 1. The first-order chi connectivity index (χ1) is 16.6. The van der Waals surface area contributed by atoms with Crippen molar-refractivity contribution in [2.45, 2.75) is 72.9 Å². The highest BCUT2D eigenvalue weighted by molar-refractivity contribution is 5.98. The monoisotopic (exact) mass is 490 g/mol. The first-order valence-corrected chi connectivity index (χ1v) is 13.0. The fourth-order valence-corrected chi connectivity index (χ4v) is 5.33. The number of carbonyl (C=O) groups excluding carboxylic acids is 1. The minimum absolute atomic E-state index is 0.104. The number of carbonyl (C=O) groups is 1. The fraction of sp³-hybridized carbons (Fsp3) is 0.704. The standard InChI is InChI=1S/C27H38F2N3O3/c1-6-17(4)24(33)23-21(28)13-19(14-22(23)29)34-12-9-27(5)15-20(27)18-7-10-32(11-8-18)26-30-25(16(2)3)31-35-26/h13-14,16-18,20,25H,6-12,15H2,1-5H3/q-1/t17?,20-,25?,27-/m1/s1. The average molecular weight is 491 g/mol. The SMILES string of the molecule is CCC(C)C(=O)c1c(F)cc(OCC[C@]2(C)C[C@@H]2C2CCN(C3=NC(C(C)C)[N-]O3)CC2)cc1F. The van der Waals surface area contributed by atoms with E-state index in [0.29, 0.717) is 36.8 Å². The number of Topliss-reactive ketones (excluding diaryl/α,β-unsaturated/α-hetero) is 1. The molecule has 0 bridgehead atoms. The number of hydrogen-bond donors (Lipinski definition) is 0. The van der Waals surface area contributed by atoms with E-state index >= 15 is 0 Å². The van der Waals surface area contributed by atoms with Gasteiger partial charge in [-0.1, -0.05) is 34.6 Å². The summed E-state index contributed by atoms with van der Waals surface area (Å²) in [4.78, 5) is 24.5. The first-order valence-electron chi connectivity index (χ1n) is 13.0. The number of halogens is 2. The fourth-order valence-electron chi connectivity index (χ4n) is 5.33. The highest BCUT2D eigenvalue weighted by Crippen LogP contribution is 2.60. The van der Waals surface area contributed by atoms with Crippen molar-refractivity contribution >= 4 is 11.8 Å². The summed E-state index contributed by atoms with van der Waals surface area (Å²) in [6.07, 6.45) is 4.60. The molecule has 2 unspecified atom stereocenters. The zero-order valence-electron chi connectivity index (χ0n) is 21.5. The summed E-state index contributed by atoms with van der Waals surface area (Å²) in [7, 11) is 0. The third-order valence-corrected chi connectivity index (χ3v) is 8.15. The average Bonchev–Trinajstić information content (AvgIpc) is 3.25. The van der Waals surface area contributed by atoms with E-state index in [0.717, 1.165) is 50.9 Å². The van der Waals surface area contributed by atoms with Crippen molar-refractivity contribution < 1.29 is 23.1 Å². The summed E-state index contributed by atoms with van der Waals surface area (Å²) >= 11 is 0. The maximum Gasteiger partial charge on any atom is 0.270 e. The lowest BCUT2D eigenvalue weighted by atomic mass is 9.87. The maximum absolute atomic E-state index is 14.5. The number of rotatable bonds is 9. The molecule has 1 aromatic carbocycles. The Morgan fingerprint density at radius 3 is 2.49 bits per heavy atom. The van der Waals surface area contributed by atoms with Crippen LogP contribution in [0, 0.1) is 40.7 Å². The van der Waals surface area contributed by atoms with Crippen molar-refractivity contribution in [3.05, 3.63) is 34.8 Å². The zero-order chi connectivity index (χ0) is 25.3. The highest BCUT2D eigenvalue weighted by atomic mass is 19.1. The number of amidine groups is 1. The van der Waals surface area contributed by atoms with E-state index < -0.39 is 28.9 Å². The predicted octanol–water partition coefficient (Wildman–Crippen LogP) is 6.36. The largest absolute Gasteiger partial charge is 0.559 e. The van der Waals surface area contributed by atoms with Gasteiger partial charge >= 0.3 is 0 Å². The van der Waals surface area contributed by atoms with Crippen molar-refractivity contribution in [2.24, 2.45) is 34.1 Å². The van der Waals surface area contributed by atoms with Crippen LogP contribution in [0.5, 0.6) is 5.75 Å². The highest BCUT2D eigenvalue weighted by Gasteiger charge is 2.53. The van der Waals surface area contributed by atoms with Gasteiger partial charge in [0, 0.05) is 31.1 Å². The molecule has 1 saturated heterocycles. The molecule has 2 heterocycles. The van der Waals surface area contributed by atoms with Crippen molar-refractivity contribution in [3.8, 4) is 5.75 Å². The van der Waals surface area contributed by atoms with Crippen LogP contribution in [-0.2, 0) is 4.84 Å². The zero-order valence-corrected chi connectivity index (χ0v) is 21.5. The molecule has 194 valence electrons. The van der Waals surface area contributed by atoms with Crippen LogP contribution in [0.15, 0.2) is 17.1 Å². The Morgan fingerprint density at radius 1 is 1.26 bits per heavy atom.